The minimum atomic E-state index is -0.875. The van der Waals surface area contributed by atoms with E-state index >= 15 is 0 Å². The fourth-order valence-electron chi connectivity index (χ4n) is 2.29. The Morgan fingerprint density at radius 3 is 2.36 bits per heavy atom. The monoisotopic (exact) mass is 390 g/mol. The molecule has 1 aromatic carbocycles. The molecular weight excluding hydrogens is 384 g/mol. The van der Waals surface area contributed by atoms with Gasteiger partial charge in [-0.3, -0.25) is 9.59 Å². The maximum absolute atomic E-state index is 12.2. The highest BCUT2D eigenvalue weighted by molar-refractivity contribution is 7.23. The lowest BCUT2D eigenvalue weighted by atomic mass is 10.1. The molecule has 2 aromatic heterocycles. The van der Waals surface area contributed by atoms with Crippen LogP contribution in [0.2, 0.25) is 4.34 Å². The van der Waals surface area contributed by atoms with E-state index in [1.807, 2.05) is 0 Å². The van der Waals surface area contributed by atoms with E-state index in [-0.39, 0.29) is 16.8 Å². The highest BCUT2D eigenvalue weighted by atomic mass is 35.5. The molecule has 2 amide bonds. The molecule has 0 aliphatic carbocycles. The zero-order valence-corrected chi connectivity index (χ0v) is 14.7. The lowest BCUT2D eigenvalue weighted by Gasteiger charge is -2.11. The summed E-state index contributed by atoms with van der Waals surface area (Å²) in [4.78, 5) is 46.6. The zero-order chi connectivity index (χ0) is 17.6. The Morgan fingerprint density at radius 2 is 1.76 bits per heavy atom. The Morgan fingerprint density at radius 1 is 1.08 bits per heavy atom. The van der Waals surface area contributed by atoms with Gasteiger partial charge in [0.2, 0.25) is 0 Å². The van der Waals surface area contributed by atoms with Crippen LogP contribution in [0.25, 0.3) is 9.88 Å². The summed E-state index contributed by atoms with van der Waals surface area (Å²) in [5.74, 6) is -2.22. The van der Waals surface area contributed by atoms with Crippen molar-refractivity contribution in [1.82, 2.24) is 10.0 Å². The molecule has 0 radical (unpaired) electrons. The molecule has 4 rings (SSSR count). The van der Waals surface area contributed by atoms with Crippen molar-refractivity contribution in [3.05, 3.63) is 62.9 Å². The summed E-state index contributed by atoms with van der Waals surface area (Å²) < 4.78 is 0.611. The second-order valence-electron chi connectivity index (χ2n) is 4.97. The minimum Gasteiger partial charge on any atom is -0.322 e. The predicted molar refractivity (Wildman–Crippen MR) is 92.8 cm³/mol. The molecule has 25 heavy (non-hydrogen) atoms. The Hall–Kier alpha value is -2.55. The van der Waals surface area contributed by atoms with Gasteiger partial charge in [0.05, 0.1) is 20.3 Å². The van der Waals surface area contributed by atoms with Crippen LogP contribution in [-0.2, 0) is 4.84 Å². The van der Waals surface area contributed by atoms with E-state index in [1.54, 1.807) is 24.3 Å². The van der Waals surface area contributed by atoms with Crippen LogP contribution in [-0.4, -0.2) is 27.8 Å². The number of thiophene rings is 1. The molecule has 1 aliphatic heterocycles. The number of aromatic nitrogens is 1. The molecule has 9 heteroatoms. The van der Waals surface area contributed by atoms with E-state index in [0.717, 1.165) is 4.88 Å². The van der Waals surface area contributed by atoms with E-state index in [0.29, 0.717) is 14.4 Å². The SMILES string of the molecule is O=C(ON1C(=O)c2ccccc2C1=O)c1csc(-c2ccc(Cl)s2)n1. The number of halogens is 1. The lowest BCUT2D eigenvalue weighted by Crippen LogP contribution is -2.32. The molecule has 3 heterocycles. The van der Waals surface area contributed by atoms with Gasteiger partial charge in [-0.2, -0.15) is 0 Å². The van der Waals surface area contributed by atoms with Gasteiger partial charge in [0.25, 0.3) is 11.8 Å². The predicted octanol–water partition coefficient (Wildman–Crippen LogP) is 3.89. The Balaban J connectivity index is 1.55. The summed E-state index contributed by atoms with van der Waals surface area (Å²) in [6.45, 7) is 0. The number of hydrogen-bond acceptors (Lipinski definition) is 7. The molecule has 3 aromatic rings. The highest BCUT2D eigenvalue weighted by Gasteiger charge is 2.39. The molecule has 0 saturated carbocycles. The summed E-state index contributed by atoms with van der Waals surface area (Å²) in [7, 11) is 0. The van der Waals surface area contributed by atoms with Crippen molar-refractivity contribution >= 4 is 52.1 Å². The molecule has 0 spiro atoms. The molecule has 6 nitrogen and oxygen atoms in total. The summed E-state index contributed by atoms with van der Waals surface area (Å²) in [6.07, 6.45) is 0. The van der Waals surface area contributed by atoms with Crippen molar-refractivity contribution < 1.29 is 19.2 Å². The molecule has 124 valence electrons. The van der Waals surface area contributed by atoms with E-state index < -0.39 is 17.8 Å². The van der Waals surface area contributed by atoms with Crippen molar-refractivity contribution in [3.63, 3.8) is 0 Å². The standard InChI is InChI=1S/C16H7ClN2O4S2/c17-12-6-5-11(25-12)13-18-10(7-24-13)16(22)23-19-14(20)8-3-1-2-4-9(8)15(19)21/h1-7H. The number of rotatable bonds is 3. The molecule has 1 aliphatic rings. The molecule has 0 saturated heterocycles. The average Bonchev–Trinajstić information content (AvgIpc) is 3.31. The number of nitrogens with zero attached hydrogens (tertiary/aromatic N) is 2. The highest BCUT2D eigenvalue weighted by Crippen LogP contribution is 2.33. The maximum atomic E-state index is 12.2. The van der Waals surface area contributed by atoms with Crippen LogP contribution in [0.1, 0.15) is 31.2 Å². The number of benzene rings is 1. The first kappa shape index (κ1) is 15.9. The number of carbonyl (C=O) groups excluding carboxylic acids is 3. The smallest absolute Gasteiger partial charge is 0.322 e. The van der Waals surface area contributed by atoms with E-state index in [1.165, 1.54) is 40.2 Å². The Bertz CT molecular complexity index is 992. The fraction of sp³-hybridized carbons (Fsp3) is 0. The second kappa shape index (κ2) is 6.07. The van der Waals surface area contributed by atoms with Crippen LogP contribution >= 0.6 is 34.3 Å². The zero-order valence-electron chi connectivity index (χ0n) is 12.3. The van der Waals surface area contributed by atoms with Gasteiger partial charge in [0.1, 0.15) is 5.01 Å². The fourth-order valence-corrected chi connectivity index (χ4v) is 4.19. The van der Waals surface area contributed by atoms with Crippen molar-refractivity contribution in [1.29, 1.82) is 0 Å². The largest absolute Gasteiger partial charge is 0.383 e. The normalized spacial score (nSPS) is 13.2. The van der Waals surface area contributed by atoms with Gasteiger partial charge in [0, 0.05) is 5.38 Å². The molecule has 0 fully saturated rings. The first-order chi connectivity index (χ1) is 12.0. The first-order valence-corrected chi connectivity index (χ1v) is 9.03. The first-order valence-electron chi connectivity index (χ1n) is 6.96. The third-order valence-corrected chi connectivity index (χ3v) is 5.67. The summed E-state index contributed by atoms with van der Waals surface area (Å²) in [5, 5.41) is 2.57. The third-order valence-electron chi connectivity index (χ3n) is 3.43. The van der Waals surface area contributed by atoms with Crippen LogP contribution in [0.3, 0.4) is 0 Å². The number of hydroxylamine groups is 2. The van der Waals surface area contributed by atoms with Gasteiger partial charge in [-0.15, -0.1) is 22.7 Å². The van der Waals surface area contributed by atoms with Gasteiger partial charge < -0.3 is 4.84 Å². The van der Waals surface area contributed by atoms with Crippen molar-refractivity contribution in [3.8, 4) is 9.88 Å². The maximum Gasteiger partial charge on any atom is 0.383 e. The summed E-state index contributed by atoms with van der Waals surface area (Å²) >= 11 is 8.47. The second-order valence-corrected chi connectivity index (χ2v) is 7.54. The van der Waals surface area contributed by atoms with Crippen LogP contribution < -0.4 is 0 Å². The van der Waals surface area contributed by atoms with Gasteiger partial charge in [0.15, 0.2) is 5.69 Å². The number of thiazole rings is 1. The lowest BCUT2D eigenvalue weighted by molar-refractivity contribution is -0.0587. The van der Waals surface area contributed by atoms with Gasteiger partial charge >= 0.3 is 5.97 Å². The molecule has 0 N–H and O–H groups in total. The Labute approximate surface area is 154 Å². The third kappa shape index (κ3) is 2.74. The molecule has 0 unspecified atom stereocenters. The van der Waals surface area contributed by atoms with Crippen molar-refractivity contribution in [2.45, 2.75) is 0 Å². The number of amides is 2. The number of hydrogen-bond donors (Lipinski definition) is 0. The summed E-state index contributed by atoms with van der Waals surface area (Å²) in [5.41, 5.74) is 0.418. The molecular formula is C16H7ClN2O4S2. The van der Waals surface area contributed by atoms with E-state index in [9.17, 15) is 14.4 Å². The van der Waals surface area contributed by atoms with Crippen LogP contribution in [0, 0.1) is 0 Å². The topological polar surface area (TPSA) is 76.6 Å². The van der Waals surface area contributed by atoms with Gasteiger partial charge in [-0.1, -0.05) is 28.8 Å². The van der Waals surface area contributed by atoms with Crippen LogP contribution in [0.5, 0.6) is 0 Å². The Kier molecular flexibility index (Phi) is 3.87. The van der Waals surface area contributed by atoms with Gasteiger partial charge in [-0.05, 0) is 24.3 Å². The number of fused-ring (bicyclic) bond motifs is 1. The van der Waals surface area contributed by atoms with Crippen LogP contribution in [0.15, 0.2) is 41.8 Å². The average molecular weight is 391 g/mol. The van der Waals surface area contributed by atoms with Crippen molar-refractivity contribution in [2.24, 2.45) is 0 Å². The molecule has 0 atom stereocenters. The number of imide groups is 1. The summed E-state index contributed by atoms with van der Waals surface area (Å²) in [6, 6.07) is 9.81. The quantitative estimate of drug-likeness (QED) is 0.634. The van der Waals surface area contributed by atoms with Crippen molar-refractivity contribution in [2.75, 3.05) is 0 Å². The minimum absolute atomic E-state index is 0.0149. The molecule has 0 bridgehead atoms. The number of carbonyl (C=O) groups is 3. The van der Waals surface area contributed by atoms with Crippen LogP contribution in [0.4, 0.5) is 0 Å². The van der Waals surface area contributed by atoms with E-state index in [4.69, 9.17) is 16.4 Å². The van der Waals surface area contributed by atoms with E-state index in [2.05, 4.69) is 4.98 Å². The van der Waals surface area contributed by atoms with Gasteiger partial charge in [-0.25, -0.2) is 9.78 Å².